The molecule has 0 N–H and O–H groups in total. The molecule has 0 aliphatic heterocycles. The van der Waals surface area contributed by atoms with E-state index >= 15 is 0 Å². The highest BCUT2D eigenvalue weighted by atomic mass is 14.4. The van der Waals surface area contributed by atoms with Crippen LogP contribution in [0.15, 0.2) is 200 Å². The molecule has 0 fully saturated rings. The first-order valence-corrected chi connectivity index (χ1v) is 19.0. The third-order valence-electron chi connectivity index (χ3n) is 11.6. The van der Waals surface area contributed by atoms with Crippen LogP contribution in [0.4, 0.5) is 0 Å². The Morgan fingerprint density at radius 1 is 0.547 bits per heavy atom. The third kappa shape index (κ3) is 6.23. The van der Waals surface area contributed by atoms with Crippen LogP contribution in [-0.2, 0) is 5.41 Å². The van der Waals surface area contributed by atoms with Crippen molar-refractivity contribution in [2.24, 2.45) is 5.92 Å². The summed E-state index contributed by atoms with van der Waals surface area (Å²) in [4.78, 5) is 0. The van der Waals surface area contributed by atoms with E-state index in [0.717, 1.165) is 6.42 Å². The Morgan fingerprint density at radius 3 is 1.79 bits per heavy atom. The smallest absolute Gasteiger partial charge is 0.0767 e. The van der Waals surface area contributed by atoms with Gasteiger partial charge in [-0.25, -0.2) is 0 Å². The minimum Gasteiger partial charge on any atom is -0.0767 e. The first kappa shape index (κ1) is 33.0. The second-order valence-corrected chi connectivity index (χ2v) is 15.2. The van der Waals surface area contributed by atoms with Crippen molar-refractivity contribution < 1.29 is 0 Å². The zero-order chi connectivity index (χ0) is 35.8. The maximum absolute atomic E-state index is 2.54. The standard InChI is InChI=1S/C51H42B2/c1-51(2)48-35-38(29-33-46(48)47-34-32-44(36-49(47)51)52(40-17-6-3-7-18-40)41-19-8-4-9-20-41)26-25-37-27-30-43(31-28-37)53(42-21-10-5-11-22-42)50-24-14-16-39-15-12-13-23-45(39)50/h3-28,30-36,38H,29H2,1-2H3. The van der Waals surface area contributed by atoms with Crippen LogP contribution in [0.3, 0.4) is 0 Å². The fourth-order valence-electron chi connectivity index (χ4n) is 8.91. The highest BCUT2D eigenvalue weighted by molar-refractivity contribution is 6.97. The number of hydrogen-bond acceptors (Lipinski definition) is 0. The first-order chi connectivity index (χ1) is 26.0. The molecule has 1 unspecified atom stereocenters. The van der Waals surface area contributed by atoms with Gasteiger partial charge in [-0.15, -0.1) is 0 Å². The van der Waals surface area contributed by atoms with E-state index in [4.69, 9.17) is 0 Å². The van der Waals surface area contributed by atoms with Gasteiger partial charge in [0.1, 0.15) is 0 Å². The summed E-state index contributed by atoms with van der Waals surface area (Å²) in [6.45, 7) is 5.17. The average molecular weight is 677 g/mol. The van der Waals surface area contributed by atoms with Crippen LogP contribution >= 0.6 is 0 Å². The van der Waals surface area contributed by atoms with Gasteiger partial charge in [0.25, 0.3) is 0 Å². The zero-order valence-electron chi connectivity index (χ0n) is 30.5. The van der Waals surface area contributed by atoms with Crippen molar-refractivity contribution in [3.05, 3.63) is 216 Å². The van der Waals surface area contributed by atoms with E-state index in [-0.39, 0.29) is 18.8 Å². The molecule has 0 radical (unpaired) electrons. The molecule has 2 aliphatic carbocycles. The Hall–Kier alpha value is -5.85. The van der Waals surface area contributed by atoms with Gasteiger partial charge in [0.15, 0.2) is 0 Å². The van der Waals surface area contributed by atoms with Crippen molar-refractivity contribution in [1.29, 1.82) is 0 Å². The highest BCUT2D eigenvalue weighted by Crippen LogP contribution is 2.51. The lowest BCUT2D eigenvalue weighted by molar-refractivity contribution is 0.645. The van der Waals surface area contributed by atoms with Crippen LogP contribution in [0.1, 0.15) is 37.0 Å². The summed E-state index contributed by atoms with van der Waals surface area (Å²) in [5.41, 5.74) is 14.8. The van der Waals surface area contributed by atoms with Crippen LogP contribution in [0.25, 0.3) is 22.4 Å². The lowest BCUT2D eigenvalue weighted by Crippen LogP contribution is -2.52. The highest BCUT2D eigenvalue weighted by Gasteiger charge is 2.40. The maximum Gasteiger partial charge on any atom is 0.241 e. The normalized spacial score (nSPS) is 15.8. The number of benzene rings is 7. The molecule has 0 saturated heterocycles. The van der Waals surface area contributed by atoms with Crippen molar-refractivity contribution in [3.63, 3.8) is 0 Å². The zero-order valence-corrected chi connectivity index (χ0v) is 30.5. The second-order valence-electron chi connectivity index (χ2n) is 15.2. The molecule has 9 rings (SSSR count). The van der Waals surface area contributed by atoms with Crippen LogP contribution in [0, 0.1) is 5.92 Å². The summed E-state index contributed by atoms with van der Waals surface area (Å²) in [5, 5.41) is 2.59. The van der Waals surface area contributed by atoms with Gasteiger partial charge in [0.05, 0.1) is 0 Å². The molecule has 1 atom stereocenters. The number of allylic oxidation sites excluding steroid dienone is 5. The van der Waals surface area contributed by atoms with Crippen molar-refractivity contribution in [3.8, 4) is 0 Å². The molecular formula is C51H42B2. The summed E-state index contributed by atoms with van der Waals surface area (Å²) >= 11 is 0. The molecule has 0 aromatic heterocycles. The monoisotopic (exact) mass is 676 g/mol. The molecule has 0 heterocycles. The predicted octanol–water partition coefficient (Wildman–Crippen LogP) is 8.21. The van der Waals surface area contributed by atoms with E-state index in [1.54, 1.807) is 0 Å². The maximum atomic E-state index is 2.54. The summed E-state index contributed by atoms with van der Waals surface area (Å²) in [6, 6.07) is 64.7. The Bertz CT molecular complexity index is 2450. The van der Waals surface area contributed by atoms with E-state index in [1.165, 1.54) is 71.4 Å². The van der Waals surface area contributed by atoms with Crippen LogP contribution < -0.4 is 32.8 Å². The summed E-state index contributed by atoms with van der Waals surface area (Å²) < 4.78 is 0. The minimum absolute atomic E-state index is 0.0721. The molecule has 0 saturated carbocycles. The van der Waals surface area contributed by atoms with Gasteiger partial charge >= 0.3 is 0 Å². The molecular weight excluding hydrogens is 634 g/mol. The van der Waals surface area contributed by atoms with Gasteiger partial charge in [0.2, 0.25) is 13.4 Å². The molecule has 0 amide bonds. The van der Waals surface area contributed by atoms with E-state index in [0.29, 0.717) is 5.92 Å². The van der Waals surface area contributed by atoms with Crippen molar-refractivity contribution in [2.45, 2.75) is 25.7 Å². The molecule has 0 nitrogen and oxygen atoms in total. The molecule has 7 aromatic rings. The fraction of sp³-hybridized carbons (Fsp3) is 0.0980. The van der Waals surface area contributed by atoms with Crippen LogP contribution in [0.2, 0.25) is 0 Å². The summed E-state index contributed by atoms with van der Waals surface area (Å²) in [6.07, 6.45) is 10.8. The van der Waals surface area contributed by atoms with Crippen LogP contribution in [0.5, 0.6) is 0 Å². The Balaban J connectivity index is 0.989. The third-order valence-corrected chi connectivity index (χ3v) is 11.6. The van der Waals surface area contributed by atoms with Gasteiger partial charge in [-0.05, 0) is 50.9 Å². The van der Waals surface area contributed by atoms with Gasteiger partial charge in [0, 0.05) is 5.41 Å². The van der Waals surface area contributed by atoms with E-state index in [1.807, 2.05) is 0 Å². The van der Waals surface area contributed by atoms with Gasteiger partial charge in [-0.3, -0.25) is 0 Å². The average Bonchev–Trinajstić information content (AvgIpc) is 3.44. The number of hydrogen-bond donors (Lipinski definition) is 0. The predicted molar refractivity (Wildman–Crippen MR) is 232 cm³/mol. The minimum atomic E-state index is -0.0721. The number of fused-ring (bicyclic) bond motifs is 4. The molecule has 2 aliphatic rings. The fourth-order valence-corrected chi connectivity index (χ4v) is 8.91. The van der Waals surface area contributed by atoms with E-state index < -0.39 is 0 Å². The molecule has 0 bridgehead atoms. The first-order valence-electron chi connectivity index (χ1n) is 19.0. The summed E-state index contributed by atoms with van der Waals surface area (Å²) in [7, 11) is 0. The number of rotatable bonds is 8. The molecule has 53 heavy (non-hydrogen) atoms. The van der Waals surface area contributed by atoms with Crippen LogP contribution in [-0.4, -0.2) is 13.4 Å². The lowest BCUT2D eigenvalue weighted by atomic mass is 9.36. The quantitative estimate of drug-likeness (QED) is 0.143. The van der Waals surface area contributed by atoms with E-state index in [9.17, 15) is 0 Å². The Morgan fingerprint density at radius 2 is 1.11 bits per heavy atom. The Kier molecular flexibility index (Phi) is 8.68. The van der Waals surface area contributed by atoms with Gasteiger partial charge in [-0.2, -0.15) is 0 Å². The largest absolute Gasteiger partial charge is 0.241 e. The molecule has 0 spiro atoms. The molecule has 7 aromatic carbocycles. The van der Waals surface area contributed by atoms with E-state index in [2.05, 4.69) is 214 Å². The Labute approximate surface area is 315 Å². The molecule has 2 heteroatoms. The lowest BCUT2D eigenvalue weighted by Gasteiger charge is -2.26. The topological polar surface area (TPSA) is 0 Å². The van der Waals surface area contributed by atoms with Crippen molar-refractivity contribution >= 4 is 68.6 Å². The second kappa shape index (κ2) is 13.9. The van der Waals surface area contributed by atoms with Gasteiger partial charge in [-0.1, -0.05) is 247 Å². The summed E-state index contributed by atoms with van der Waals surface area (Å²) in [5.74, 6) is 0.357. The van der Waals surface area contributed by atoms with Gasteiger partial charge < -0.3 is 0 Å². The van der Waals surface area contributed by atoms with Crippen molar-refractivity contribution in [2.75, 3.05) is 0 Å². The van der Waals surface area contributed by atoms with Crippen molar-refractivity contribution in [1.82, 2.24) is 0 Å². The molecule has 252 valence electrons. The SMILES string of the molecule is CC1(C)C2=CC(C=Cc3ccc(B(c4ccccc4)c4cccc5ccccc45)cc3)CC=C2c2ccc(B(c3ccccc3)c3ccccc3)cc21.